The first-order valence-electron chi connectivity index (χ1n) is 7.44. The van der Waals surface area contributed by atoms with Crippen LogP contribution in [0.1, 0.15) is 30.0 Å². The van der Waals surface area contributed by atoms with Crippen molar-refractivity contribution in [2.45, 2.75) is 25.7 Å². The van der Waals surface area contributed by atoms with Crippen LogP contribution in [0.2, 0.25) is 0 Å². The second kappa shape index (κ2) is 6.94. The lowest BCUT2D eigenvalue weighted by Gasteiger charge is -2.11. The fourth-order valence-corrected chi connectivity index (χ4v) is 2.99. The van der Waals surface area contributed by atoms with Gasteiger partial charge in [-0.25, -0.2) is 14.4 Å². The third-order valence-corrected chi connectivity index (χ3v) is 4.42. The van der Waals surface area contributed by atoms with Crippen molar-refractivity contribution in [3.8, 4) is 5.82 Å². The van der Waals surface area contributed by atoms with Crippen molar-refractivity contribution in [2.75, 3.05) is 11.0 Å². The molecule has 0 saturated heterocycles. The highest BCUT2D eigenvalue weighted by atomic mass is 35.5. The average molecular weight is 366 g/mol. The molecule has 0 radical (unpaired) electrons. The molecule has 1 aliphatic rings. The van der Waals surface area contributed by atoms with Crippen LogP contribution in [0.3, 0.4) is 0 Å². The van der Waals surface area contributed by atoms with Crippen LogP contribution in [-0.2, 0) is 0 Å². The molecular weight excluding hydrogens is 349 g/mol. The Morgan fingerprint density at radius 3 is 2.88 bits per heavy atom. The lowest BCUT2D eigenvalue weighted by molar-refractivity contribution is 0.598. The SMILES string of the molecule is C=N/C(Cl)=N\c1c(C)c(F)c(C2CC2)n1-c1cccc(NSC)n1. The first-order valence-corrected chi connectivity index (χ1v) is 9.05. The van der Waals surface area contributed by atoms with Gasteiger partial charge in [0.15, 0.2) is 0 Å². The van der Waals surface area contributed by atoms with E-state index in [9.17, 15) is 4.39 Å². The van der Waals surface area contributed by atoms with Crippen LogP contribution in [0.15, 0.2) is 28.2 Å². The number of aliphatic imine (C=N–C) groups is 2. The molecule has 5 nitrogen and oxygen atoms in total. The molecule has 1 fully saturated rings. The summed E-state index contributed by atoms with van der Waals surface area (Å²) in [5, 5.41) is -0.0300. The summed E-state index contributed by atoms with van der Waals surface area (Å²) in [5.41, 5.74) is 1.04. The summed E-state index contributed by atoms with van der Waals surface area (Å²) < 4.78 is 19.7. The summed E-state index contributed by atoms with van der Waals surface area (Å²) in [6.45, 7) is 5.05. The van der Waals surface area contributed by atoms with Crippen molar-refractivity contribution in [1.29, 1.82) is 0 Å². The minimum atomic E-state index is -0.255. The predicted octanol–water partition coefficient (Wildman–Crippen LogP) is 4.81. The summed E-state index contributed by atoms with van der Waals surface area (Å²) in [4.78, 5) is 12.4. The molecule has 1 aliphatic carbocycles. The smallest absolute Gasteiger partial charge is 0.223 e. The van der Waals surface area contributed by atoms with E-state index >= 15 is 0 Å². The number of aromatic nitrogens is 2. The van der Waals surface area contributed by atoms with Gasteiger partial charge in [-0.3, -0.25) is 4.57 Å². The Labute approximate surface area is 149 Å². The van der Waals surface area contributed by atoms with E-state index in [1.807, 2.05) is 24.5 Å². The fourth-order valence-electron chi connectivity index (χ4n) is 2.59. The van der Waals surface area contributed by atoms with Crippen molar-refractivity contribution < 1.29 is 4.39 Å². The Balaban J connectivity index is 2.23. The summed E-state index contributed by atoms with van der Waals surface area (Å²) in [6, 6.07) is 5.54. The van der Waals surface area contributed by atoms with Gasteiger partial charge in [0.25, 0.3) is 0 Å². The van der Waals surface area contributed by atoms with Gasteiger partial charge >= 0.3 is 0 Å². The molecule has 1 N–H and O–H groups in total. The van der Waals surface area contributed by atoms with Crippen LogP contribution in [0.25, 0.3) is 5.82 Å². The molecule has 0 spiro atoms. The summed E-state index contributed by atoms with van der Waals surface area (Å²) in [7, 11) is 0. The molecule has 3 rings (SSSR count). The van der Waals surface area contributed by atoms with E-state index in [1.54, 1.807) is 11.5 Å². The van der Waals surface area contributed by atoms with E-state index in [-0.39, 0.29) is 17.0 Å². The van der Waals surface area contributed by atoms with Gasteiger partial charge in [0.2, 0.25) is 5.29 Å². The molecule has 0 bridgehead atoms. The molecule has 0 aromatic carbocycles. The van der Waals surface area contributed by atoms with Crippen molar-refractivity contribution in [1.82, 2.24) is 9.55 Å². The standard InChI is InChI=1S/C16H17ClFN5S/c1-9-13(18)14(10-7-8-10)23(15(9)21-16(17)19-2)12-6-4-5-11(20-12)22-24-3/h4-6,10H,2,7-8H2,1,3H3,(H,20,22)/b21-16-. The lowest BCUT2D eigenvalue weighted by atomic mass is 10.2. The zero-order valence-corrected chi connectivity index (χ0v) is 15.0. The fraction of sp³-hybridized carbons (Fsp3) is 0.312. The third-order valence-electron chi connectivity index (χ3n) is 3.81. The first kappa shape index (κ1) is 17.0. The van der Waals surface area contributed by atoms with Crippen LogP contribution >= 0.6 is 23.5 Å². The highest BCUT2D eigenvalue weighted by Gasteiger charge is 2.34. The molecule has 126 valence electrons. The van der Waals surface area contributed by atoms with Crippen LogP contribution in [0, 0.1) is 12.7 Å². The molecular formula is C16H17ClFN5S. The van der Waals surface area contributed by atoms with Crippen molar-refractivity contribution in [3.05, 3.63) is 35.3 Å². The summed E-state index contributed by atoms with van der Waals surface area (Å²) >= 11 is 7.36. The molecule has 1 saturated carbocycles. The van der Waals surface area contributed by atoms with E-state index in [2.05, 4.69) is 26.4 Å². The average Bonchev–Trinajstić information content (AvgIpc) is 3.38. The number of hydrogen-bond donors (Lipinski definition) is 1. The predicted molar refractivity (Wildman–Crippen MR) is 99.9 cm³/mol. The van der Waals surface area contributed by atoms with Gasteiger partial charge in [0.05, 0.1) is 5.69 Å². The van der Waals surface area contributed by atoms with E-state index in [1.165, 1.54) is 11.9 Å². The number of nitrogens with zero attached hydrogens (tertiary/aromatic N) is 4. The van der Waals surface area contributed by atoms with E-state index in [4.69, 9.17) is 11.6 Å². The molecule has 0 unspecified atom stereocenters. The molecule has 0 atom stereocenters. The molecule has 2 aromatic rings. The highest BCUT2D eigenvalue weighted by Crippen LogP contribution is 2.46. The van der Waals surface area contributed by atoms with Crippen LogP contribution in [0.4, 0.5) is 16.0 Å². The molecule has 2 heterocycles. The molecule has 8 heteroatoms. The van der Waals surface area contributed by atoms with E-state index < -0.39 is 0 Å². The zero-order chi connectivity index (χ0) is 17.3. The zero-order valence-electron chi connectivity index (χ0n) is 13.4. The topological polar surface area (TPSA) is 54.6 Å². The van der Waals surface area contributed by atoms with Crippen molar-refractivity contribution in [3.63, 3.8) is 0 Å². The monoisotopic (exact) mass is 365 g/mol. The normalized spacial score (nSPS) is 14.8. The van der Waals surface area contributed by atoms with Gasteiger partial charge in [0, 0.05) is 17.7 Å². The number of rotatable bonds is 5. The molecule has 0 amide bonds. The third kappa shape index (κ3) is 3.18. The molecule has 0 aliphatic heterocycles. The van der Waals surface area contributed by atoms with Crippen LogP contribution in [0.5, 0.6) is 0 Å². The Bertz CT molecular complexity index is 813. The minimum absolute atomic E-state index is 0.0300. The van der Waals surface area contributed by atoms with Crippen LogP contribution < -0.4 is 4.72 Å². The van der Waals surface area contributed by atoms with Gasteiger partial charge < -0.3 is 4.72 Å². The number of anilines is 1. The second-order valence-electron chi connectivity index (χ2n) is 5.48. The number of pyridine rings is 1. The van der Waals surface area contributed by atoms with Gasteiger partial charge in [0.1, 0.15) is 23.3 Å². The van der Waals surface area contributed by atoms with Gasteiger partial charge in [-0.05, 0) is 50.2 Å². The Morgan fingerprint density at radius 1 is 1.50 bits per heavy atom. The maximum atomic E-state index is 14.8. The molecule has 24 heavy (non-hydrogen) atoms. The van der Waals surface area contributed by atoms with E-state index in [0.29, 0.717) is 28.7 Å². The number of amidine groups is 1. The Kier molecular flexibility index (Phi) is 4.91. The summed E-state index contributed by atoms with van der Waals surface area (Å²) in [5.74, 6) is 1.61. The lowest BCUT2D eigenvalue weighted by Crippen LogP contribution is -2.04. The Morgan fingerprint density at radius 2 is 2.25 bits per heavy atom. The maximum Gasteiger partial charge on any atom is 0.223 e. The number of halogens is 2. The highest BCUT2D eigenvalue weighted by molar-refractivity contribution is 7.99. The van der Waals surface area contributed by atoms with Gasteiger partial charge in [-0.2, -0.15) is 4.99 Å². The second-order valence-corrected chi connectivity index (χ2v) is 6.43. The largest absolute Gasteiger partial charge is 0.315 e. The number of nitrogens with one attached hydrogen (secondary N) is 1. The summed E-state index contributed by atoms with van der Waals surface area (Å²) in [6.07, 6.45) is 3.83. The van der Waals surface area contributed by atoms with Crippen molar-refractivity contribution in [2.24, 2.45) is 9.98 Å². The van der Waals surface area contributed by atoms with Gasteiger partial charge in [-0.15, -0.1) is 0 Å². The van der Waals surface area contributed by atoms with E-state index in [0.717, 1.165) is 12.8 Å². The van der Waals surface area contributed by atoms with Crippen LogP contribution in [-0.4, -0.2) is 27.8 Å². The van der Waals surface area contributed by atoms with Crippen molar-refractivity contribution >= 4 is 47.2 Å². The number of hydrogen-bond acceptors (Lipinski definition) is 4. The maximum absolute atomic E-state index is 14.8. The quantitative estimate of drug-likeness (QED) is 0.358. The first-order chi connectivity index (χ1) is 11.6. The van der Waals surface area contributed by atoms with Gasteiger partial charge in [-0.1, -0.05) is 18.0 Å². The Hall–Kier alpha value is -1.86. The molecule has 2 aromatic heterocycles. The minimum Gasteiger partial charge on any atom is -0.315 e.